The number of rotatable bonds is 7. The zero-order valence-corrected chi connectivity index (χ0v) is 19.1. The minimum atomic E-state index is -0.441. The van der Waals surface area contributed by atoms with Crippen LogP contribution in [0, 0.1) is 0 Å². The second-order valence-electron chi connectivity index (χ2n) is 8.38. The van der Waals surface area contributed by atoms with E-state index < -0.39 is 6.09 Å². The molecular weight excluding hydrogens is 420 g/mol. The van der Waals surface area contributed by atoms with Gasteiger partial charge in [-0.2, -0.15) is 0 Å². The lowest BCUT2D eigenvalue weighted by Crippen LogP contribution is -2.28. The molecule has 3 aromatic carbocycles. The van der Waals surface area contributed by atoms with Crippen molar-refractivity contribution in [2.24, 2.45) is 0 Å². The lowest BCUT2D eigenvalue weighted by molar-refractivity contribution is 0.200. The summed E-state index contributed by atoms with van der Waals surface area (Å²) in [7, 11) is 0. The van der Waals surface area contributed by atoms with Crippen LogP contribution in [0.4, 0.5) is 4.79 Å². The Kier molecular flexibility index (Phi) is 7.46. The van der Waals surface area contributed by atoms with Gasteiger partial charge in [0.05, 0.1) is 0 Å². The maximum atomic E-state index is 12.1. The first-order valence-corrected chi connectivity index (χ1v) is 11.6. The highest BCUT2D eigenvalue weighted by atomic mass is 35.5. The smallest absolute Gasteiger partial charge is 0.410 e. The van der Waals surface area contributed by atoms with Crippen molar-refractivity contribution < 1.29 is 9.53 Å². The fraction of sp³-hybridized carbons (Fsp3) is 0.296. The molecule has 1 N–H and O–H groups in total. The zero-order valence-electron chi connectivity index (χ0n) is 18.4. The van der Waals surface area contributed by atoms with Gasteiger partial charge in [-0.1, -0.05) is 60.1 Å². The Morgan fingerprint density at radius 1 is 0.969 bits per heavy atom. The van der Waals surface area contributed by atoms with E-state index in [0.717, 1.165) is 24.1 Å². The Morgan fingerprint density at radius 3 is 2.22 bits per heavy atom. The number of hydrogen-bond acceptors (Lipinski definition) is 3. The van der Waals surface area contributed by atoms with Crippen LogP contribution in [-0.2, 0) is 13.0 Å². The third-order valence-electron chi connectivity index (χ3n) is 6.02. The first-order valence-electron chi connectivity index (χ1n) is 11.2. The SMILES string of the molecule is CC1CCCN1Cc1ccc(CCNC(=O)Oc2ccc(-c3ccc(Cl)cc3)cc2)cc1. The fourth-order valence-corrected chi connectivity index (χ4v) is 4.21. The molecule has 1 aliphatic heterocycles. The topological polar surface area (TPSA) is 41.6 Å². The Morgan fingerprint density at radius 2 is 1.59 bits per heavy atom. The first-order chi connectivity index (χ1) is 15.6. The summed E-state index contributed by atoms with van der Waals surface area (Å²) in [5.41, 5.74) is 4.65. The summed E-state index contributed by atoms with van der Waals surface area (Å²) in [4.78, 5) is 14.7. The largest absolute Gasteiger partial charge is 0.412 e. The average molecular weight is 449 g/mol. The van der Waals surface area contributed by atoms with Gasteiger partial charge in [-0.3, -0.25) is 4.90 Å². The molecule has 5 heteroatoms. The zero-order chi connectivity index (χ0) is 22.3. The summed E-state index contributed by atoms with van der Waals surface area (Å²) < 4.78 is 5.39. The van der Waals surface area contributed by atoms with E-state index in [2.05, 4.69) is 41.4 Å². The van der Waals surface area contributed by atoms with Crippen LogP contribution >= 0.6 is 11.6 Å². The van der Waals surface area contributed by atoms with Gasteiger partial charge in [0.1, 0.15) is 5.75 Å². The van der Waals surface area contributed by atoms with E-state index in [9.17, 15) is 4.79 Å². The van der Waals surface area contributed by atoms with Crippen LogP contribution in [0.1, 0.15) is 30.9 Å². The van der Waals surface area contributed by atoms with E-state index in [0.29, 0.717) is 23.4 Å². The van der Waals surface area contributed by atoms with Crippen LogP contribution in [0.3, 0.4) is 0 Å². The molecule has 166 valence electrons. The van der Waals surface area contributed by atoms with Gasteiger partial charge in [0.15, 0.2) is 0 Å². The lowest BCUT2D eigenvalue weighted by atomic mass is 10.1. The van der Waals surface area contributed by atoms with E-state index >= 15 is 0 Å². The van der Waals surface area contributed by atoms with Gasteiger partial charge in [0.25, 0.3) is 0 Å². The molecule has 0 spiro atoms. The minimum absolute atomic E-state index is 0.441. The second-order valence-corrected chi connectivity index (χ2v) is 8.81. The van der Waals surface area contributed by atoms with Crippen LogP contribution < -0.4 is 10.1 Å². The predicted molar refractivity (Wildman–Crippen MR) is 130 cm³/mol. The van der Waals surface area contributed by atoms with Gasteiger partial charge in [-0.25, -0.2) is 4.79 Å². The van der Waals surface area contributed by atoms with E-state index in [1.54, 1.807) is 12.1 Å². The summed E-state index contributed by atoms with van der Waals surface area (Å²) >= 11 is 5.94. The number of amides is 1. The third-order valence-corrected chi connectivity index (χ3v) is 6.28. The second kappa shape index (κ2) is 10.7. The van der Waals surface area contributed by atoms with Gasteiger partial charge in [0, 0.05) is 24.2 Å². The average Bonchev–Trinajstić information content (AvgIpc) is 3.20. The lowest BCUT2D eigenvalue weighted by Gasteiger charge is -2.21. The van der Waals surface area contributed by atoms with Gasteiger partial charge in [-0.05, 0) is 79.3 Å². The van der Waals surface area contributed by atoms with Crippen LogP contribution in [0.2, 0.25) is 5.02 Å². The van der Waals surface area contributed by atoms with Crippen molar-refractivity contribution in [2.75, 3.05) is 13.1 Å². The summed E-state index contributed by atoms with van der Waals surface area (Å²) in [6, 6.07) is 24.5. The molecule has 0 radical (unpaired) electrons. The van der Waals surface area contributed by atoms with Crippen molar-refractivity contribution in [3.63, 3.8) is 0 Å². The van der Waals surface area contributed by atoms with Gasteiger partial charge in [-0.15, -0.1) is 0 Å². The number of halogens is 1. The maximum Gasteiger partial charge on any atom is 0.412 e. The molecule has 1 fully saturated rings. The number of likely N-dealkylation sites (tertiary alicyclic amines) is 1. The molecule has 0 aromatic heterocycles. The highest BCUT2D eigenvalue weighted by Crippen LogP contribution is 2.24. The van der Waals surface area contributed by atoms with Crippen LogP contribution in [-0.4, -0.2) is 30.1 Å². The van der Waals surface area contributed by atoms with Crippen molar-refractivity contribution in [1.82, 2.24) is 10.2 Å². The Balaban J connectivity index is 1.20. The van der Waals surface area contributed by atoms with Crippen molar-refractivity contribution >= 4 is 17.7 Å². The number of ether oxygens (including phenoxy) is 1. The summed E-state index contributed by atoms with van der Waals surface area (Å²) in [5.74, 6) is 0.515. The Bertz CT molecular complexity index is 1020. The number of hydrogen-bond donors (Lipinski definition) is 1. The molecule has 1 heterocycles. The van der Waals surface area contributed by atoms with Gasteiger partial charge in [0.2, 0.25) is 0 Å². The Hall–Kier alpha value is -2.82. The molecule has 1 aliphatic rings. The number of carbonyl (C=O) groups is 1. The molecule has 1 atom stereocenters. The van der Waals surface area contributed by atoms with Crippen LogP contribution in [0.25, 0.3) is 11.1 Å². The van der Waals surface area contributed by atoms with Gasteiger partial charge < -0.3 is 10.1 Å². The molecular formula is C27H29ClN2O2. The van der Waals surface area contributed by atoms with Crippen molar-refractivity contribution in [2.45, 2.75) is 38.8 Å². The highest BCUT2D eigenvalue weighted by molar-refractivity contribution is 6.30. The number of nitrogens with zero attached hydrogens (tertiary/aromatic N) is 1. The number of nitrogens with one attached hydrogen (secondary N) is 1. The minimum Gasteiger partial charge on any atom is -0.410 e. The predicted octanol–water partition coefficient (Wildman–Crippen LogP) is 6.32. The van der Waals surface area contributed by atoms with Crippen LogP contribution in [0.5, 0.6) is 5.75 Å². The molecule has 1 unspecified atom stereocenters. The first kappa shape index (κ1) is 22.4. The van der Waals surface area contributed by atoms with Crippen molar-refractivity contribution in [3.8, 4) is 16.9 Å². The number of benzene rings is 3. The van der Waals surface area contributed by atoms with E-state index in [1.165, 1.54) is 30.5 Å². The molecule has 1 amide bonds. The van der Waals surface area contributed by atoms with Crippen LogP contribution in [0.15, 0.2) is 72.8 Å². The van der Waals surface area contributed by atoms with Gasteiger partial charge >= 0.3 is 6.09 Å². The monoisotopic (exact) mass is 448 g/mol. The highest BCUT2D eigenvalue weighted by Gasteiger charge is 2.19. The molecule has 0 saturated carbocycles. The van der Waals surface area contributed by atoms with E-state index in [-0.39, 0.29) is 0 Å². The molecule has 1 saturated heterocycles. The molecule has 32 heavy (non-hydrogen) atoms. The standard InChI is InChI=1S/C27H29ClN2O2/c1-20-3-2-18-30(20)19-22-6-4-21(5-7-22)16-17-29-27(31)32-26-14-10-24(11-15-26)23-8-12-25(28)13-9-23/h4-15,20H,2-3,16-19H2,1H3,(H,29,31). The summed E-state index contributed by atoms with van der Waals surface area (Å²) in [6.45, 7) is 5.05. The summed E-state index contributed by atoms with van der Waals surface area (Å²) in [5, 5.41) is 3.53. The molecule has 4 rings (SSSR count). The fourth-order valence-electron chi connectivity index (χ4n) is 4.08. The molecule has 3 aromatic rings. The quantitative estimate of drug-likeness (QED) is 0.459. The normalized spacial score (nSPS) is 16.1. The van der Waals surface area contributed by atoms with E-state index in [4.69, 9.17) is 16.3 Å². The molecule has 0 bridgehead atoms. The van der Waals surface area contributed by atoms with Crippen molar-refractivity contribution in [1.29, 1.82) is 0 Å². The number of carbonyl (C=O) groups excluding carboxylic acids is 1. The van der Waals surface area contributed by atoms with E-state index in [1.807, 2.05) is 36.4 Å². The maximum absolute atomic E-state index is 12.1. The Labute approximate surface area is 195 Å². The van der Waals surface area contributed by atoms with Crippen molar-refractivity contribution in [3.05, 3.63) is 88.9 Å². The molecule has 4 nitrogen and oxygen atoms in total. The summed E-state index contributed by atoms with van der Waals surface area (Å²) in [6.07, 6.45) is 2.93. The molecule has 0 aliphatic carbocycles. The third kappa shape index (κ3) is 6.12.